The van der Waals surface area contributed by atoms with Gasteiger partial charge in [0.05, 0.1) is 11.7 Å². The van der Waals surface area contributed by atoms with Gasteiger partial charge in [-0.2, -0.15) is 0 Å². The van der Waals surface area contributed by atoms with Crippen molar-refractivity contribution in [3.63, 3.8) is 0 Å². The van der Waals surface area contributed by atoms with Crippen molar-refractivity contribution in [2.75, 3.05) is 6.61 Å². The molecule has 6 nitrogen and oxygen atoms in total. The molecule has 4 rings (SSSR count). The van der Waals surface area contributed by atoms with Gasteiger partial charge in [0.25, 0.3) is 0 Å². The van der Waals surface area contributed by atoms with Gasteiger partial charge in [-0.1, -0.05) is 25.5 Å². The van der Waals surface area contributed by atoms with Crippen LogP contribution in [0.2, 0.25) is 0 Å². The molecular weight excluding hydrogens is 372 g/mol. The monoisotopic (exact) mass is 404 g/mol. The van der Waals surface area contributed by atoms with Crippen molar-refractivity contribution in [3.8, 4) is 0 Å². The number of esters is 1. The van der Waals surface area contributed by atoms with Crippen molar-refractivity contribution in [1.29, 1.82) is 0 Å². The number of hydrogen-bond donors (Lipinski definition) is 3. The van der Waals surface area contributed by atoms with Crippen molar-refractivity contribution >= 4 is 11.8 Å². The predicted molar refractivity (Wildman–Crippen MR) is 106 cm³/mol. The van der Waals surface area contributed by atoms with E-state index in [0.29, 0.717) is 12.8 Å². The van der Waals surface area contributed by atoms with E-state index in [9.17, 15) is 24.9 Å². The number of ether oxygens (including phenoxy) is 1. The first-order valence-corrected chi connectivity index (χ1v) is 10.7. The molecule has 6 heteroatoms. The zero-order chi connectivity index (χ0) is 21.2. The fourth-order valence-electron chi connectivity index (χ4n) is 7.25. The van der Waals surface area contributed by atoms with Crippen LogP contribution < -0.4 is 0 Å². The minimum Gasteiger partial charge on any atom is -0.463 e. The topological polar surface area (TPSA) is 104 Å². The molecule has 0 heterocycles. The fourth-order valence-corrected chi connectivity index (χ4v) is 7.25. The van der Waals surface area contributed by atoms with Gasteiger partial charge in [-0.15, -0.1) is 0 Å². The highest BCUT2D eigenvalue weighted by Crippen LogP contribution is 2.67. The maximum absolute atomic E-state index is 11.9. The maximum atomic E-state index is 11.9. The van der Waals surface area contributed by atoms with Crippen molar-refractivity contribution in [3.05, 3.63) is 23.8 Å². The van der Waals surface area contributed by atoms with Crippen LogP contribution in [0.5, 0.6) is 0 Å². The molecule has 160 valence electrons. The van der Waals surface area contributed by atoms with Crippen molar-refractivity contribution < 1.29 is 29.6 Å². The Morgan fingerprint density at radius 2 is 2.07 bits per heavy atom. The molecule has 4 aliphatic rings. The van der Waals surface area contributed by atoms with Gasteiger partial charge in [0, 0.05) is 23.7 Å². The van der Waals surface area contributed by atoms with E-state index in [0.717, 1.165) is 24.8 Å². The van der Waals surface area contributed by atoms with Crippen LogP contribution in [-0.4, -0.2) is 51.5 Å². The van der Waals surface area contributed by atoms with E-state index in [1.807, 2.05) is 13.0 Å². The molecule has 0 amide bonds. The van der Waals surface area contributed by atoms with Crippen LogP contribution in [-0.2, 0) is 14.3 Å². The number of rotatable bonds is 3. The first-order chi connectivity index (χ1) is 13.5. The van der Waals surface area contributed by atoms with E-state index < -0.39 is 29.2 Å². The molecule has 0 aromatic heterocycles. The van der Waals surface area contributed by atoms with Crippen LogP contribution in [0.3, 0.4) is 0 Å². The third kappa shape index (κ3) is 2.87. The lowest BCUT2D eigenvalue weighted by molar-refractivity contribution is -0.207. The molecule has 0 aromatic carbocycles. The number of fused-ring (bicyclic) bond motifs is 5. The number of carbonyl (C=O) groups excluding carboxylic acids is 2. The molecule has 0 radical (unpaired) electrons. The lowest BCUT2D eigenvalue weighted by Crippen LogP contribution is -2.62. The van der Waals surface area contributed by atoms with E-state index in [4.69, 9.17) is 4.74 Å². The van der Waals surface area contributed by atoms with E-state index in [1.54, 1.807) is 12.2 Å². The van der Waals surface area contributed by atoms with Crippen molar-refractivity contribution in [1.82, 2.24) is 0 Å². The normalized spacial score (nSPS) is 47.0. The summed E-state index contributed by atoms with van der Waals surface area (Å²) in [7, 11) is 0. The number of carbonyl (C=O) groups is 2. The van der Waals surface area contributed by atoms with E-state index >= 15 is 0 Å². The van der Waals surface area contributed by atoms with Crippen LogP contribution in [0.25, 0.3) is 0 Å². The quantitative estimate of drug-likeness (QED) is 0.621. The Kier molecular flexibility index (Phi) is 4.84. The summed E-state index contributed by atoms with van der Waals surface area (Å²) in [5.74, 6) is -0.155. The summed E-state index contributed by atoms with van der Waals surface area (Å²) in [4.78, 5) is 23.1. The SMILES string of the molecule is CC(=O)OC[C@H](O)[C@@]1(O)CC[C@H]2[C@@H]3CCC4=CC(=O)C=C[C@]4(C)C3[C@@H](O)C[C@@]21C. The molecule has 0 saturated heterocycles. The van der Waals surface area contributed by atoms with Crippen LogP contribution in [0, 0.1) is 28.6 Å². The summed E-state index contributed by atoms with van der Waals surface area (Å²) < 4.78 is 4.98. The Morgan fingerprint density at radius 3 is 2.76 bits per heavy atom. The van der Waals surface area contributed by atoms with Gasteiger partial charge in [-0.3, -0.25) is 9.59 Å². The summed E-state index contributed by atoms with van der Waals surface area (Å²) in [5.41, 5.74) is -1.33. The van der Waals surface area contributed by atoms with Gasteiger partial charge < -0.3 is 20.1 Å². The first-order valence-electron chi connectivity index (χ1n) is 10.7. The molecule has 3 fully saturated rings. The Balaban J connectivity index is 1.65. The lowest BCUT2D eigenvalue weighted by Gasteiger charge is -2.60. The Labute approximate surface area is 171 Å². The molecule has 0 spiro atoms. The highest BCUT2D eigenvalue weighted by Gasteiger charge is 2.67. The lowest BCUT2D eigenvalue weighted by atomic mass is 9.46. The van der Waals surface area contributed by atoms with Gasteiger partial charge in [0.1, 0.15) is 12.7 Å². The molecule has 8 atom stereocenters. The number of allylic oxidation sites excluding steroid dienone is 4. The Hall–Kier alpha value is -1.50. The standard InChI is InChI=1S/C23H32O6/c1-13(24)29-12-19(27)23(28)9-7-17-16-5-4-14-10-15(25)6-8-21(14,2)20(16)18(26)11-22(17,23)3/h6,8,10,16-20,26-28H,4-5,7,9,11-12H2,1-3H3/t16-,17-,18-,19-,20?,21-,22-,23-/m0/s1. The Morgan fingerprint density at radius 1 is 1.34 bits per heavy atom. The first kappa shape index (κ1) is 20.8. The van der Waals surface area contributed by atoms with Crippen molar-refractivity contribution in [2.45, 2.75) is 70.7 Å². The highest BCUT2D eigenvalue weighted by molar-refractivity contribution is 6.01. The Bertz CT molecular complexity index is 786. The summed E-state index contributed by atoms with van der Waals surface area (Å²) in [5, 5.41) is 33.6. The number of aliphatic hydroxyl groups excluding tert-OH is 2. The summed E-state index contributed by atoms with van der Waals surface area (Å²) in [6.45, 7) is 5.12. The molecular formula is C23H32O6. The summed E-state index contributed by atoms with van der Waals surface area (Å²) >= 11 is 0. The average molecular weight is 405 g/mol. The molecule has 4 aliphatic carbocycles. The second-order valence-electron chi connectivity index (χ2n) is 9.99. The maximum Gasteiger partial charge on any atom is 0.302 e. The molecule has 0 bridgehead atoms. The van der Waals surface area contributed by atoms with Crippen molar-refractivity contribution in [2.24, 2.45) is 28.6 Å². The average Bonchev–Trinajstić information content (AvgIpc) is 2.91. The minimum absolute atomic E-state index is 0.00916. The predicted octanol–water partition coefficient (Wildman–Crippen LogP) is 1.92. The molecule has 0 aromatic rings. The molecule has 3 saturated carbocycles. The number of ketones is 1. The minimum atomic E-state index is -1.41. The van der Waals surface area contributed by atoms with Crippen LogP contribution in [0.1, 0.15) is 52.9 Å². The van der Waals surface area contributed by atoms with Gasteiger partial charge in [0.2, 0.25) is 0 Å². The smallest absolute Gasteiger partial charge is 0.302 e. The van der Waals surface area contributed by atoms with Crippen LogP contribution in [0.4, 0.5) is 0 Å². The summed E-state index contributed by atoms with van der Waals surface area (Å²) in [6, 6.07) is 0. The third-order valence-corrected chi connectivity index (χ3v) is 8.71. The van der Waals surface area contributed by atoms with Gasteiger partial charge in [-0.05, 0) is 56.1 Å². The molecule has 3 N–H and O–H groups in total. The number of hydrogen-bond acceptors (Lipinski definition) is 6. The van der Waals surface area contributed by atoms with E-state index in [1.165, 1.54) is 6.92 Å². The van der Waals surface area contributed by atoms with E-state index in [-0.39, 0.29) is 35.6 Å². The van der Waals surface area contributed by atoms with E-state index in [2.05, 4.69) is 6.92 Å². The highest BCUT2D eigenvalue weighted by atomic mass is 16.5. The second-order valence-corrected chi connectivity index (χ2v) is 9.99. The third-order valence-electron chi connectivity index (χ3n) is 8.71. The van der Waals surface area contributed by atoms with Crippen LogP contribution >= 0.6 is 0 Å². The number of aliphatic hydroxyl groups is 3. The summed E-state index contributed by atoms with van der Waals surface area (Å²) in [6.07, 6.45) is 6.68. The second kappa shape index (κ2) is 6.76. The van der Waals surface area contributed by atoms with Gasteiger partial charge >= 0.3 is 5.97 Å². The largest absolute Gasteiger partial charge is 0.463 e. The molecule has 0 aliphatic heterocycles. The molecule has 29 heavy (non-hydrogen) atoms. The van der Waals surface area contributed by atoms with Gasteiger partial charge in [0.15, 0.2) is 5.78 Å². The molecule has 1 unspecified atom stereocenters. The van der Waals surface area contributed by atoms with Gasteiger partial charge in [-0.25, -0.2) is 0 Å². The fraction of sp³-hybridized carbons (Fsp3) is 0.739. The zero-order valence-corrected chi connectivity index (χ0v) is 17.4. The zero-order valence-electron chi connectivity index (χ0n) is 17.4. The van der Waals surface area contributed by atoms with Crippen LogP contribution in [0.15, 0.2) is 23.8 Å².